The summed E-state index contributed by atoms with van der Waals surface area (Å²) in [4.78, 5) is 36.2. The normalized spacial score (nSPS) is 11.8. The van der Waals surface area contributed by atoms with Crippen molar-refractivity contribution in [2.45, 2.75) is 19.0 Å². The molecule has 1 aromatic heterocycles. The second-order valence-corrected chi connectivity index (χ2v) is 5.70. The average Bonchev–Trinajstić information content (AvgIpc) is 2.66. The van der Waals surface area contributed by atoms with Gasteiger partial charge in [-0.1, -0.05) is 47.7 Å². The summed E-state index contributed by atoms with van der Waals surface area (Å²) in [5.41, 5.74) is 6.15. The van der Waals surface area contributed by atoms with E-state index in [1.165, 1.54) is 0 Å². The van der Waals surface area contributed by atoms with Crippen LogP contribution in [0.4, 0.5) is 0 Å². The molecule has 0 saturated heterocycles. The first-order valence-electron chi connectivity index (χ1n) is 8.02. The summed E-state index contributed by atoms with van der Waals surface area (Å²) in [6.45, 7) is 0.0444. The third-order valence-electron chi connectivity index (χ3n) is 3.90. The summed E-state index contributed by atoms with van der Waals surface area (Å²) in [5, 5.41) is 10.8. The van der Waals surface area contributed by atoms with Gasteiger partial charge in [-0.05, 0) is 17.7 Å². The van der Waals surface area contributed by atoms with Gasteiger partial charge in [-0.2, -0.15) is 0 Å². The van der Waals surface area contributed by atoms with Crippen molar-refractivity contribution in [3.05, 3.63) is 70.5 Å². The Bertz CT molecular complexity index is 1000. The van der Waals surface area contributed by atoms with Gasteiger partial charge in [0.05, 0.1) is 11.9 Å². The fraction of sp³-hybridized carbons (Fsp3) is 0.167. The zero-order valence-electron chi connectivity index (χ0n) is 13.8. The zero-order valence-corrected chi connectivity index (χ0v) is 13.8. The van der Waals surface area contributed by atoms with E-state index in [2.05, 4.69) is 15.6 Å². The first kappa shape index (κ1) is 17.3. The van der Waals surface area contributed by atoms with Crippen molar-refractivity contribution in [1.29, 1.82) is 0 Å². The lowest BCUT2D eigenvalue weighted by Gasteiger charge is -2.15. The van der Waals surface area contributed by atoms with Gasteiger partial charge >= 0.3 is 0 Å². The van der Waals surface area contributed by atoms with Crippen molar-refractivity contribution in [2.24, 2.45) is 5.73 Å². The van der Waals surface area contributed by atoms with Crippen molar-refractivity contribution in [3.63, 3.8) is 0 Å². The molecule has 1 atom stereocenters. The molecule has 0 aliphatic heterocycles. The molecule has 3 N–H and O–H groups in total. The highest BCUT2D eigenvalue weighted by atomic mass is 16.2. The molecule has 3 rings (SSSR count). The van der Waals surface area contributed by atoms with Crippen molar-refractivity contribution < 1.29 is 9.59 Å². The van der Waals surface area contributed by atoms with Gasteiger partial charge in [0, 0.05) is 6.42 Å². The van der Waals surface area contributed by atoms with Gasteiger partial charge in [-0.15, -0.1) is 5.10 Å². The van der Waals surface area contributed by atoms with Crippen LogP contribution in [0.1, 0.15) is 18.0 Å². The number of carbonyl (C=O) groups excluding carboxylic acids is 2. The summed E-state index contributed by atoms with van der Waals surface area (Å²) in [7, 11) is 0. The van der Waals surface area contributed by atoms with Crippen molar-refractivity contribution in [1.82, 2.24) is 20.3 Å². The maximum atomic E-state index is 12.3. The van der Waals surface area contributed by atoms with Gasteiger partial charge in [0.2, 0.25) is 11.8 Å². The SMILES string of the molecule is NC(=O)C(NC(=O)CCn1nnc2ccccc2c1=O)c1ccccc1. The zero-order chi connectivity index (χ0) is 18.5. The van der Waals surface area contributed by atoms with Gasteiger partial charge in [0.15, 0.2) is 0 Å². The Kier molecular flexibility index (Phi) is 5.02. The Hall–Kier alpha value is -3.55. The minimum atomic E-state index is -0.928. The van der Waals surface area contributed by atoms with E-state index in [1.54, 1.807) is 54.6 Å². The summed E-state index contributed by atoms with van der Waals surface area (Å²) in [6.07, 6.45) is -0.0382. The topological polar surface area (TPSA) is 120 Å². The molecule has 0 radical (unpaired) electrons. The van der Waals surface area contributed by atoms with Crippen LogP contribution in [-0.4, -0.2) is 26.8 Å². The Balaban J connectivity index is 1.70. The lowest BCUT2D eigenvalue weighted by Crippen LogP contribution is -2.38. The van der Waals surface area contributed by atoms with E-state index < -0.39 is 17.9 Å². The van der Waals surface area contributed by atoms with E-state index in [9.17, 15) is 14.4 Å². The van der Waals surface area contributed by atoms with Crippen LogP contribution in [0.3, 0.4) is 0 Å². The molecule has 0 spiro atoms. The molecule has 26 heavy (non-hydrogen) atoms. The van der Waals surface area contributed by atoms with Gasteiger partial charge < -0.3 is 11.1 Å². The van der Waals surface area contributed by atoms with Crippen LogP contribution in [-0.2, 0) is 16.1 Å². The molecule has 2 amide bonds. The average molecular weight is 351 g/mol. The van der Waals surface area contributed by atoms with Crippen molar-refractivity contribution in [2.75, 3.05) is 0 Å². The smallest absolute Gasteiger partial charge is 0.277 e. The number of nitrogens with one attached hydrogen (secondary N) is 1. The summed E-state index contributed by atoms with van der Waals surface area (Å²) < 4.78 is 1.13. The van der Waals surface area contributed by atoms with E-state index >= 15 is 0 Å². The Morgan fingerprint density at radius 2 is 1.77 bits per heavy atom. The minimum Gasteiger partial charge on any atom is -0.368 e. The quantitative estimate of drug-likeness (QED) is 0.671. The number of nitrogens with zero attached hydrogens (tertiary/aromatic N) is 3. The van der Waals surface area contributed by atoms with E-state index in [-0.39, 0.29) is 18.5 Å². The predicted molar refractivity (Wildman–Crippen MR) is 94.9 cm³/mol. The van der Waals surface area contributed by atoms with E-state index in [1.807, 2.05) is 0 Å². The Morgan fingerprint density at radius 1 is 1.08 bits per heavy atom. The van der Waals surface area contributed by atoms with Gasteiger partial charge in [-0.3, -0.25) is 14.4 Å². The van der Waals surface area contributed by atoms with Gasteiger partial charge in [0.1, 0.15) is 11.6 Å². The Morgan fingerprint density at radius 3 is 2.50 bits per heavy atom. The van der Waals surface area contributed by atoms with Crippen molar-refractivity contribution >= 4 is 22.7 Å². The minimum absolute atomic E-state index is 0.0382. The first-order chi connectivity index (χ1) is 12.6. The molecule has 1 unspecified atom stereocenters. The number of aryl methyl sites for hydroxylation is 1. The largest absolute Gasteiger partial charge is 0.368 e. The second-order valence-electron chi connectivity index (χ2n) is 5.70. The molecule has 1 heterocycles. The standard InChI is InChI=1S/C18H17N5O3/c19-17(25)16(12-6-2-1-3-7-12)20-15(24)10-11-23-18(26)13-8-4-5-9-14(13)21-22-23/h1-9,16H,10-11H2,(H2,19,25)(H,20,24). The fourth-order valence-corrected chi connectivity index (χ4v) is 2.57. The van der Waals surface area contributed by atoms with Gasteiger partial charge in [-0.25, -0.2) is 4.68 Å². The molecule has 0 aliphatic rings. The first-order valence-corrected chi connectivity index (χ1v) is 8.02. The van der Waals surface area contributed by atoms with Crippen LogP contribution in [0, 0.1) is 0 Å². The highest BCUT2D eigenvalue weighted by molar-refractivity contribution is 5.87. The van der Waals surface area contributed by atoms with E-state index in [0.29, 0.717) is 16.5 Å². The summed E-state index contributed by atoms with van der Waals surface area (Å²) in [5.74, 6) is -1.08. The number of carbonyl (C=O) groups is 2. The van der Waals surface area contributed by atoms with Crippen LogP contribution < -0.4 is 16.6 Å². The van der Waals surface area contributed by atoms with E-state index in [0.717, 1.165) is 4.68 Å². The number of primary amides is 1. The number of aromatic nitrogens is 3. The van der Waals surface area contributed by atoms with Crippen LogP contribution >= 0.6 is 0 Å². The number of rotatable bonds is 6. The number of amides is 2. The van der Waals surface area contributed by atoms with Crippen LogP contribution in [0.25, 0.3) is 10.9 Å². The van der Waals surface area contributed by atoms with Crippen LogP contribution in [0.2, 0.25) is 0 Å². The summed E-state index contributed by atoms with van der Waals surface area (Å²) >= 11 is 0. The molecule has 0 fully saturated rings. The number of benzene rings is 2. The molecule has 2 aromatic carbocycles. The maximum absolute atomic E-state index is 12.3. The second kappa shape index (κ2) is 7.56. The lowest BCUT2D eigenvalue weighted by atomic mass is 10.1. The maximum Gasteiger partial charge on any atom is 0.277 e. The molecule has 0 aliphatic carbocycles. The lowest BCUT2D eigenvalue weighted by molar-refractivity contribution is -0.127. The Labute approximate surface area is 148 Å². The van der Waals surface area contributed by atoms with Crippen molar-refractivity contribution in [3.8, 4) is 0 Å². The molecular weight excluding hydrogens is 334 g/mol. The molecule has 0 bridgehead atoms. The number of nitrogens with two attached hydrogens (primary N) is 1. The third kappa shape index (κ3) is 3.75. The predicted octanol–water partition coefficient (Wildman–Crippen LogP) is 0.524. The third-order valence-corrected chi connectivity index (χ3v) is 3.90. The molecule has 3 aromatic rings. The number of fused-ring (bicyclic) bond motifs is 1. The van der Waals surface area contributed by atoms with Crippen LogP contribution in [0.5, 0.6) is 0 Å². The molecule has 0 saturated carbocycles. The molecule has 8 nitrogen and oxygen atoms in total. The monoisotopic (exact) mass is 351 g/mol. The van der Waals surface area contributed by atoms with E-state index in [4.69, 9.17) is 5.73 Å². The fourth-order valence-electron chi connectivity index (χ4n) is 2.57. The molecule has 132 valence electrons. The number of hydrogen-bond acceptors (Lipinski definition) is 5. The highest BCUT2D eigenvalue weighted by Gasteiger charge is 2.20. The molecular formula is C18H17N5O3. The number of hydrogen-bond donors (Lipinski definition) is 2. The van der Waals surface area contributed by atoms with Crippen LogP contribution in [0.15, 0.2) is 59.4 Å². The van der Waals surface area contributed by atoms with Gasteiger partial charge in [0.25, 0.3) is 5.56 Å². The summed E-state index contributed by atoms with van der Waals surface area (Å²) in [6, 6.07) is 14.6. The molecule has 8 heteroatoms. The highest BCUT2D eigenvalue weighted by Crippen LogP contribution is 2.12.